The lowest BCUT2D eigenvalue weighted by Crippen LogP contribution is -1.93. The van der Waals surface area contributed by atoms with Crippen molar-refractivity contribution in [2.45, 2.75) is 12.8 Å². The van der Waals surface area contributed by atoms with E-state index in [9.17, 15) is 4.79 Å². The first-order valence-electron chi connectivity index (χ1n) is 6.47. The van der Waals surface area contributed by atoms with Gasteiger partial charge < -0.3 is 4.74 Å². The molecule has 3 rings (SSSR count). The Balaban J connectivity index is 2.14. The van der Waals surface area contributed by atoms with Crippen molar-refractivity contribution in [1.82, 2.24) is 0 Å². The van der Waals surface area contributed by atoms with Gasteiger partial charge in [0.05, 0.1) is 18.7 Å². The van der Waals surface area contributed by atoms with E-state index in [4.69, 9.17) is 10.00 Å². The normalized spacial score (nSPS) is 12.9. The van der Waals surface area contributed by atoms with Gasteiger partial charge in [-0.1, -0.05) is 18.2 Å². The van der Waals surface area contributed by atoms with Crippen molar-refractivity contribution in [3.63, 3.8) is 0 Å². The Morgan fingerprint density at radius 1 is 1.10 bits per heavy atom. The molecule has 0 aromatic heterocycles. The minimum absolute atomic E-state index is 0.212. The maximum absolute atomic E-state index is 11.7. The van der Waals surface area contributed by atoms with Crippen molar-refractivity contribution in [2.75, 3.05) is 7.11 Å². The molecule has 0 saturated carbocycles. The summed E-state index contributed by atoms with van der Waals surface area (Å²) in [5.41, 5.74) is 4.36. The highest BCUT2D eigenvalue weighted by Gasteiger charge is 2.20. The molecule has 0 saturated heterocycles. The summed E-state index contributed by atoms with van der Waals surface area (Å²) in [6, 6.07) is 13.3. The van der Waals surface area contributed by atoms with Crippen LogP contribution in [0, 0.1) is 11.3 Å². The predicted molar refractivity (Wildman–Crippen MR) is 75.8 cm³/mol. The van der Waals surface area contributed by atoms with Crippen molar-refractivity contribution in [3.05, 3.63) is 53.1 Å². The van der Waals surface area contributed by atoms with Crippen LogP contribution in [0.25, 0.3) is 11.1 Å². The smallest absolute Gasteiger partial charge is 0.163 e. The highest BCUT2D eigenvalue weighted by molar-refractivity contribution is 6.01. The number of hydrogen-bond donors (Lipinski definition) is 0. The second kappa shape index (κ2) is 4.82. The molecule has 1 aliphatic carbocycles. The minimum Gasteiger partial charge on any atom is -0.496 e. The molecule has 0 N–H and O–H groups in total. The van der Waals surface area contributed by atoms with E-state index in [0.717, 1.165) is 34.4 Å². The molecule has 0 unspecified atom stereocenters. The van der Waals surface area contributed by atoms with Crippen molar-refractivity contribution in [1.29, 1.82) is 5.26 Å². The number of fused-ring (bicyclic) bond motifs is 1. The first-order valence-corrected chi connectivity index (χ1v) is 6.47. The van der Waals surface area contributed by atoms with Crippen LogP contribution in [0.5, 0.6) is 5.75 Å². The Hall–Kier alpha value is -2.60. The van der Waals surface area contributed by atoms with E-state index >= 15 is 0 Å². The number of carbonyl (C=O) groups is 1. The van der Waals surface area contributed by atoms with E-state index in [1.807, 2.05) is 24.3 Å². The summed E-state index contributed by atoms with van der Waals surface area (Å²) in [5, 5.41) is 9.03. The van der Waals surface area contributed by atoms with Crippen LogP contribution in [0.2, 0.25) is 0 Å². The molecular formula is C17H13NO2. The minimum atomic E-state index is 0.212. The molecule has 3 heteroatoms. The van der Waals surface area contributed by atoms with Gasteiger partial charge in [0.15, 0.2) is 5.78 Å². The number of nitriles is 1. The molecule has 2 aromatic rings. The zero-order chi connectivity index (χ0) is 14.1. The molecule has 2 aromatic carbocycles. The molecule has 0 fully saturated rings. The Morgan fingerprint density at radius 2 is 1.95 bits per heavy atom. The topological polar surface area (TPSA) is 50.1 Å². The lowest BCUT2D eigenvalue weighted by Gasteiger charge is -2.10. The molecule has 20 heavy (non-hydrogen) atoms. The number of aryl methyl sites for hydroxylation is 1. The molecule has 0 heterocycles. The van der Waals surface area contributed by atoms with E-state index in [-0.39, 0.29) is 5.78 Å². The van der Waals surface area contributed by atoms with Gasteiger partial charge >= 0.3 is 0 Å². The van der Waals surface area contributed by atoms with Gasteiger partial charge in [-0.25, -0.2) is 0 Å². The number of ketones is 1. The molecule has 3 nitrogen and oxygen atoms in total. The summed E-state index contributed by atoms with van der Waals surface area (Å²) >= 11 is 0. The number of rotatable bonds is 2. The number of hydrogen-bond acceptors (Lipinski definition) is 3. The number of methoxy groups -OCH3 is 1. The average molecular weight is 263 g/mol. The molecule has 98 valence electrons. The molecule has 0 bridgehead atoms. The maximum atomic E-state index is 11.7. The Bertz CT molecular complexity index is 741. The summed E-state index contributed by atoms with van der Waals surface area (Å²) < 4.78 is 5.36. The van der Waals surface area contributed by atoms with Crippen LogP contribution in [0.3, 0.4) is 0 Å². The van der Waals surface area contributed by atoms with Crippen LogP contribution in [-0.2, 0) is 6.42 Å². The van der Waals surface area contributed by atoms with E-state index in [1.165, 1.54) is 0 Å². The Kier molecular flexibility index (Phi) is 3.00. The number of Topliss-reactive ketones (excluding diaryl/α,β-unsaturated/α-hetero) is 1. The summed E-state index contributed by atoms with van der Waals surface area (Å²) in [6.07, 6.45) is 1.39. The van der Waals surface area contributed by atoms with Crippen LogP contribution in [-0.4, -0.2) is 12.9 Å². The molecular weight excluding hydrogens is 250 g/mol. The summed E-state index contributed by atoms with van der Waals surface area (Å²) in [7, 11) is 1.61. The van der Waals surface area contributed by atoms with Gasteiger partial charge in [0.25, 0.3) is 0 Å². The molecule has 1 aliphatic rings. The molecule has 0 radical (unpaired) electrons. The van der Waals surface area contributed by atoms with Gasteiger partial charge in [-0.3, -0.25) is 4.79 Å². The van der Waals surface area contributed by atoms with Gasteiger partial charge in [-0.05, 0) is 35.7 Å². The quantitative estimate of drug-likeness (QED) is 0.834. The van der Waals surface area contributed by atoms with Crippen LogP contribution in [0.15, 0.2) is 36.4 Å². The third kappa shape index (κ3) is 1.96. The van der Waals surface area contributed by atoms with Crippen LogP contribution in [0.1, 0.15) is 27.9 Å². The van der Waals surface area contributed by atoms with Gasteiger partial charge in [-0.2, -0.15) is 5.26 Å². The summed E-state index contributed by atoms with van der Waals surface area (Å²) in [5.74, 6) is 0.942. The van der Waals surface area contributed by atoms with Crippen molar-refractivity contribution >= 4 is 5.78 Å². The van der Waals surface area contributed by atoms with Gasteiger partial charge in [-0.15, -0.1) is 0 Å². The lowest BCUT2D eigenvalue weighted by atomic mass is 9.98. The van der Waals surface area contributed by atoms with Crippen molar-refractivity contribution in [3.8, 4) is 22.9 Å². The highest BCUT2D eigenvalue weighted by atomic mass is 16.5. The monoisotopic (exact) mass is 263 g/mol. The molecule has 0 aliphatic heterocycles. The second-order valence-corrected chi connectivity index (χ2v) is 4.82. The Labute approximate surface area is 117 Å². The van der Waals surface area contributed by atoms with Crippen LogP contribution >= 0.6 is 0 Å². The van der Waals surface area contributed by atoms with Crippen LogP contribution < -0.4 is 4.74 Å². The second-order valence-electron chi connectivity index (χ2n) is 4.82. The third-order valence-electron chi connectivity index (χ3n) is 3.67. The number of nitrogens with zero attached hydrogens (tertiary/aromatic N) is 1. The number of carbonyl (C=O) groups excluding carboxylic acids is 1. The van der Waals surface area contributed by atoms with Gasteiger partial charge in [0, 0.05) is 17.5 Å². The standard InChI is InChI=1S/C17H13NO2/c1-20-17-7-2-11(10-18)8-15(17)13-3-5-14-12(9-13)4-6-16(14)19/h2-3,5,7-9H,4,6H2,1H3. The Morgan fingerprint density at radius 3 is 2.70 bits per heavy atom. The SMILES string of the molecule is COc1ccc(C#N)cc1-c1ccc2c(c1)CCC2=O. The molecule has 0 spiro atoms. The lowest BCUT2D eigenvalue weighted by molar-refractivity contribution is 0.0994. The van der Waals surface area contributed by atoms with E-state index in [1.54, 1.807) is 19.2 Å². The van der Waals surface area contributed by atoms with E-state index in [0.29, 0.717) is 12.0 Å². The number of ether oxygens (including phenoxy) is 1. The van der Waals surface area contributed by atoms with E-state index < -0.39 is 0 Å². The fourth-order valence-corrected chi connectivity index (χ4v) is 2.63. The highest BCUT2D eigenvalue weighted by Crippen LogP contribution is 2.34. The fourth-order valence-electron chi connectivity index (χ4n) is 2.63. The fraction of sp³-hybridized carbons (Fsp3) is 0.176. The third-order valence-corrected chi connectivity index (χ3v) is 3.67. The van der Waals surface area contributed by atoms with Crippen molar-refractivity contribution < 1.29 is 9.53 Å². The van der Waals surface area contributed by atoms with Crippen molar-refractivity contribution in [2.24, 2.45) is 0 Å². The average Bonchev–Trinajstić information content (AvgIpc) is 2.87. The molecule has 0 amide bonds. The first-order chi connectivity index (χ1) is 9.72. The zero-order valence-electron chi connectivity index (χ0n) is 11.1. The van der Waals surface area contributed by atoms with Crippen LogP contribution in [0.4, 0.5) is 0 Å². The van der Waals surface area contributed by atoms with E-state index in [2.05, 4.69) is 6.07 Å². The summed E-state index contributed by atoms with van der Waals surface area (Å²) in [6.45, 7) is 0. The number of benzene rings is 2. The largest absolute Gasteiger partial charge is 0.496 e. The van der Waals surface area contributed by atoms with Gasteiger partial charge in [0.2, 0.25) is 0 Å². The summed E-state index contributed by atoms with van der Waals surface area (Å²) in [4.78, 5) is 11.7. The first kappa shape index (κ1) is 12.4. The van der Waals surface area contributed by atoms with Gasteiger partial charge in [0.1, 0.15) is 5.75 Å². The predicted octanol–water partition coefficient (Wildman–Crippen LogP) is 3.36. The maximum Gasteiger partial charge on any atom is 0.163 e. The molecule has 0 atom stereocenters. The zero-order valence-corrected chi connectivity index (χ0v) is 11.1.